The van der Waals surface area contributed by atoms with E-state index in [-0.39, 0.29) is 5.91 Å². The van der Waals surface area contributed by atoms with Crippen molar-refractivity contribution in [2.45, 2.75) is 26.2 Å². The third kappa shape index (κ3) is 3.95. The van der Waals surface area contributed by atoms with Crippen molar-refractivity contribution in [3.05, 3.63) is 29.3 Å². The van der Waals surface area contributed by atoms with E-state index in [0.29, 0.717) is 17.8 Å². The number of carbonyl (C=O) groups excluding carboxylic acids is 1. The van der Waals surface area contributed by atoms with Gasteiger partial charge in [-0.25, -0.2) is 0 Å². The highest BCUT2D eigenvalue weighted by Crippen LogP contribution is 2.16. The van der Waals surface area contributed by atoms with E-state index in [4.69, 9.17) is 5.84 Å². The summed E-state index contributed by atoms with van der Waals surface area (Å²) in [5, 5.41) is 2.96. The van der Waals surface area contributed by atoms with E-state index < -0.39 is 0 Å². The molecule has 4 N–H and O–H groups in total. The Kier molecular flexibility index (Phi) is 5.38. The van der Waals surface area contributed by atoms with Gasteiger partial charge in [0.2, 0.25) is 0 Å². The number of benzene rings is 1. The molecule has 5 heteroatoms. The van der Waals surface area contributed by atoms with Crippen LogP contribution in [0.15, 0.2) is 18.2 Å². The summed E-state index contributed by atoms with van der Waals surface area (Å²) in [6, 6.07) is 5.60. The van der Waals surface area contributed by atoms with E-state index in [1.807, 2.05) is 19.1 Å². The van der Waals surface area contributed by atoms with Crippen molar-refractivity contribution in [3.63, 3.8) is 0 Å². The molecule has 20 heavy (non-hydrogen) atoms. The molecule has 0 radical (unpaired) electrons. The second kappa shape index (κ2) is 7.26. The summed E-state index contributed by atoms with van der Waals surface area (Å²) in [5.41, 5.74) is 4.92. The molecule has 0 aromatic heterocycles. The van der Waals surface area contributed by atoms with Crippen LogP contribution in [0.3, 0.4) is 0 Å². The topological polar surface area (TPSA) is 70.4 Å². The molecule has 1 aromatic carbocycles. The zero-order valence-electron chi connectivity index (χ0n) is 12.1. The maximum atomic E-state index is 12.1. The van der Waals surface area contributed by atoms with Crippen LogP contribution in [-0.4, -0.2) is 37.0 Å². The number of nitrogens with two attached hydrogens (primary N) is 1. The largest absolute Gasteiger partial charge is 0.352 e. The third-order valence-electron chi connectivity index (χ3n) is 3.71. The zero-order valence-corrected chi connectivity index (χ0v) is 12.1. The number of amides is 1. The Balaban J connectivity index is 1.79. The lowest BCUT2D eigenvalue weighted by Crippen LogP contribution is -2.29. The third-order valence-corrected chi connectivity index (χ3v) is 3.71. The number of aryl methyl sites for hydroxylation is 1. The van der Waals surface area contributed by atoms with Crippen LogP contribution in [0.2, 0.25) is 0 Å². The van der Waals surface area contributed by atoms with Crippen LogP contribution in [0.25, 0.3) is 0 Å². The molecule has 0 spiro atoms. The van der Waals surface area contributed by atoms with Crippen molar-refractivity contribution in [2.75, 3.05) is 31.6 Å². The monoisotopic (exact) mass is 276 g/mol. The van der Waals surface area contributed by atoms with E-state index in [1.54, 1.807) is 6.07 Å². The van der Waals surface area contributed by atoms with Gasteiger partial charge in [0.1, 0.15) is 0 Å². The number of anilines is 1. The molecule has 110 valence electrons. The van der Waals surface area contributed by atoms with Crippen molar-refractivity contribution < 1.29 is 4.79 Å². The van der Waals surface area contributed by atoms with E-state index in [0.717, 1.165) is 18.5 Å². The van der Waals surface area contributed by atoms with Crippen LogP contribution in [0.4, 0.5) is 5.69 Å². The molecule has 1 aliphatic heterocycles. The van der Waals surface area contributed by atoms with Crippen LogP contribution in [-0.2, 0) is 0 Å². The van der Waals surface area contributed by atoms with E-state index in [2.05, 4.69) is 15.6 Å². The number of nitrogen functional groups attached to an aromatic ring is 1. The van der Waals surface area contributed by atoms with E-state index in [9.17, 15) is 4.79 Å². The lowest BCUT2D eigenvalue weighted by Gasteiger charge is -2.15. The smallest absolute Gasteiger partial charge is 0.253 e. The first kappa shape index (κ1) is 14.8. The molecule has 0 atom stereocenters. The minimum absolute atomic E-state index is 0.0700. The Morgan fingerprint density at radius 1 is 1.35 bits per heavy atom. The number of hydrogen-bond acceptors (Lipinski definition) is 4. The van der Waals surface area contributed by atoms with Gasteiger partial charge < -0.3 is 15.6 Å². The molecular formula is C15H24N4O. The van der Waals surface area contributed by atoms with Gasteiger partial charge in [0.25, 0.3) is 5.91 Å². The molecule has 1 saturated heterocycles. The first-order chi connectivity index (χ1) is 9.70. The first-order valence-electron chi connectivity index (χ1n) is 7.28. The van der Waals surface area contributed by atoms with Crippen molar-refractivity contribution in [3.8, 4) is 0 Å². The lowest BCUT2D eigenvalue weighted by molar-refractivity contribution is 0.0953. The predicted octanol–water partition coefficient (Wildman–Crippen LogP) is 1.50. The fourth-order valence-electron chi connectivity index (χ4n) is 2.58. The highest BCUT2D eigenvalue weighted by molar-refractivity contribution is 5.99. The molecule has 0 bridgehead atoms. The summed E-state index contributed by atoms with van der Waals surface area (Å²) in [6.07, 6.45) is 3.60. The van der Waals surface area contributed by atoms with Gasteiger partial charge in [-0.2, -0.15) is 0 Å². The zero-order chi connectivity index (χ0) is 14.4. The second-order valence-electron chi connectivity index (χ2n) is 5.35. The second-order valence-corrected chi connectivity index (χ2v) is 5.35. The average Bonchev–Trinajstić information content (AvgIpc) is 2.96. The minimum Gasteiger partial charge on any atom is -0.352 e. The molecule has 1 fully saturated rings. The highest BCUT2D eigenvalue weighted by Gasteiger charge is 2.12. The fraction of sp³-hybridized carbons (Fsp3) is 0.533. The summed E-state index contributed by atoms with van der Waals surface area (Å²) >= 11 is 0. The summed E-state index contributed by atoms with van der Waals surface area (Å²) in [6.45, 7) is 6.14. The summed E-state index contributed by atoms with van der Waals surface area (Å²) in [7, 11) is 0. The van der Waals surface area contributed by atoms with Gasteiger partial charge >= 0.3 is 0 Å². The van der Waals surface area contributed by atoms with Crippen LogP contribution in [0.1, 0.15) is 35.2 Å². The van der Waals surface area contributed by atoms with Crippen LogP contribution in [0, 0.1) is 6.92 Å². The van der Waals surface area contributed by atoms with Crippen LogP contribution < -0.4 is 16.6 Å². The van der Waals surface area contributed by atoms with Crippen molar-refractivity contribution >= 4 is 11.6 Å². The number of nitrogens with zero attached hydrogens (tertiary/aromatic N) is 1. The number of carbonyl (C=O) groups is 1. The van der Waals surface area contributed by atoms with Gasteiger partial charge in [-0.3, -0.25) is 10.6 Å². The van der Waals surface area contributed by atoms with Crippen molar-refractivity contribution in [2.24, 2.45) is 5.84 Å². The van der Waals surface area contributed by atoms with Gasteiger partial charge in [-0.05, 0) is 63.5 Å². The fourth-order valence-corrected chi connectivity index (χ4v) is 2.58. The molecule has 5 nitrogen and oxygen atoms in total. The summed E-state index contributed by atoms with van der Waals surface area (Å²) in [5.74, 6) is 5.39. The summed E-state index contributed by atoms with van der Waals surface area (Å²) in [4.78, 5) is 14.6. The standard InChI is InChI=1S/C15H24N4O/c1-12-5-6-13(14(11-12)18-16)15(20)17-7-4-10-19-8-2-3-9-19/h5-6,11,18H,2-4,7-10,16H2,1H3,(H,17,20). The first-order valence-corrected chi connectivity index (χ1v) is 7.28. The SMILES string of the molecule is Cc1ccc(C(=O)NCCCN2CCCC2)c(NN)c1. The highest BCUT2D eigenvalue weighted by atomic mass is 16.1. The molecule has 0 unspecified atom stereocenters. The number of rotatable bonds is 6. The van der Waals surface area contributed by atoms with Crippen LogP contribution in [0.5, 0.6) is 0 Å². The molecule has 2 rings (SSSR count). The van der Waals surface area contributed by atoms with Gasteiger partial charge in [-0.15, -0.1) is 0 Å². The molecular weight excluding hydrogens is 252 g/mol. The van der Waals surface area contributed by atoms with Gasteiger partial charge in [0.05, 0.1) is 11.3 Å². The van der Waals surface area contributed by atoms with E-state index in [1.165, 1.54) is 25.9 Å². The Morgan fingerprint density at radius 2 is 2.10 bits per heavy atom. The van der Waals surface area contributed by atoms with Gasteiger partial charge in [-0.1, -0.05) is 6.07 Å². The Labute approximate surface area is 120 Å². The Morgan fingerprint density at radius 3 is 2.80 bits per heavy atom. The number of likely N-dealkylation sites (tertiary alicyclic amines) is 1. The molecule has 1 aromatic rings. The maximum Gasteiger partial charge on any atom is 0.253 e. The maximum absolute atomic E-state index is 12.1. The average molecular weight is 276 g/mol. The molecule has 1 aliphatic rings. The molecule has 0 aliphatic carbocycles. The number of nitrogens with one attached hydrogen (secondary N) is 2. The van der Waals surface area contributed by atoms with E-state index >= 15 is 0 Å². The predicted molar refractivity (Wildman–Crippen MR) is 81.6 cm³/mol. The quantitative estimate of drug-likeness (QED) is 0.418. The Bertz CT molecular complexity index is 455. The van der Waals surface area contributed by atoms with Crippen molar-refractivity contribution in [1.29, 1.82) is 0 Å². The summed E-state index contributed by atoms with van der Waals surface area (Å²) < 4.78 is 0. The van der Waals surface area contributed by atoms with Gasteiger partial charge in [0.15, 0.2) is 0 Å². The minimum atomic E-state index is -0.0700. The molecule has 1 heterocycles. The normalized spacial score (nSPS) is 15.3. The number of hydrazine groups is 1. The molecule has 1 amide bonds. The Hall–Kier alpha value is -1.59. The van der Waals surface area contributed by atoms with Gasteiger partial charge in [0, 0.05) is 6.54 Å². The molecule has 0 saturated carbocycles. The lowest BCUT2D eigenvalue weighted by atomic mass is 10.1. The van der Waals surface area contributed by atoms with Crippen molar-refractivity contribution in [1.82, 2.24) is 10.2 Å². The number of hydrogen-bond donors (Lipinski definition) is 3. The van der Waals surface area contributed by atoms with Crippen LogP contribution >= 0.6 is 0 Å².